The zero-order chi connectivity index (χ0) is 20.1. The van der Waals surface area contributed by atoms with Gasteiger partial charge in [-0.1, -0.05) is 59.8 Å². The van der Waals surface area contributed by atoms with E-state index in [1.54, 1.807) is 6.92 Å². The van der Waals surface area contributed by atoms with Crippen molar-refractivity contribution < 1.29 is 9.59 Å². The molecular formula is C22H21N3O2S. The first-order valence-corrected chi connectivity index (χ1v) is 9.93. The molecule has 1 aliphatic heterocycles. The number of hydrogen-bond acceptors (Lipinski definition) is 4. The molecule has 6 heteroatoms. The van der Waals surface area contributed by atoms with Gasteiger partial charge in [0, 0.05) is 12.2 Å². The highest BCUT2D eigenvalue weighted by Crippen LogP contribution is 2.40. The Morgan fingerprint density at radius 2 is 1.86 bits per heavy atom. The molecule has 0 aliphatic carbocycles. The smallest absolute Gasteiger partial charge is 0.264 e. The van der Waals surface area contributed by atoms with Gasteiger partial charge in [0.05, 0.1) is 5.25 Å². The summed E-state index contributed by atoms with van der Waals surface area (Å²) in [6.07, 6.45) is 0.671. The molecule has 0 unspecified atom stereocenters. The summed E-state index contributed by atoms with van der Waals surface area (Å²) in [5.74, 6) is -0.589. The van der Waals surface area contributed by atoms with Gasteiger partial charge in [0.1, 0.15) is 16.7 Å². The van der Waals surface area contributed by atoms with Crippen LogP contribution in [0.4, 0.5) is 5.69 Å². The maximum atomic E-state index is 12.7. The minimum Gasteiger partial charge on any atom is -0.351 e. The fourth-order valence-electron chi connectivity index (χ4n) is 2.91. The third-order valence-electron chi connectivity index (χ3n) is 4.45. The molecule has 1 atom stereocenters. The molecule has 2 aromatic rings. The molecule has 1 saturated heterocycles. The Morgan fingerprint density at radius 3 is 2.50 bits per heavy atom. The van der Waals surface area contributed by atoms with Crippen LogP contribution in [0.25, 0.3) is 0 Å². The Hall–Kier alpha value is -3.04. The van der Waals surface area contributed by atoms with Gasteiger partial charge in [-0.15, -0.1) is 0 Å². The fraction of sp³-hybridized carbons (Fsp3) is 0.227. The Balaban J connectivity index is 1.82. The van der Waals surface area contributed by atoms with Gasteiger partial charge in [-0.25, -0.2) is 0 Å². The lowest BCUT2D eigenvalue weighted by atomic mass is 10.1. The molecule has 2 aromatic carbocycles. The molecule has 1 N–H and O–H groups in total. The molecule has 0 spiro atoms. The molecule has 1 aliphatic rings. The van der Waals surface area contributed by atoms with E-state index in [-0.39, 0.29) is 16.7 Å². The maximum Gasteiger partial charge on any atom is 0.264 e. The van der Waals surface area contributed by atoms with Gasteiger partial charge in [0.2, 0.25) is 5.91 Å². The van der Waals surface area contributed by atoms with Crippen molar-refractivity contribution in [3.8, 4) is 6.07 Å². The molecule has 28 heavy (non-hydrogen) atoms. The number of carbonyl (C=O) groups is 2. The summed E-state index contributed by atoms with van der Waals surface area (Å²) >= 11 is 1.24. The van der Waals surface area contributed by atoms with Crippen molar-refractivity contribution in [2.75, 3.05) is 11.4 Å². The summed E-state index contributed by atoms with van der Waals surface area (Å²) in [4.78, 5) is 26.8. The Bertz CT molecular complexity index is 946. The average Bonchev–Trinajstić information content (AvgIpc) is 2.98. The Morgan fingerprint density at radius 1 is 1.18 bits per heavy atom. The van der Waals surface area contributed by atoms with E-state index in [1.807, 2.05) is 67.6 Å². The predicted octanol–water partition coefficient (Wildman–Crippen LogP) is 3.56. The van der Waals surface area contributed by atoms with Crippen LogP contribution in [0.1, 0.15) is 18.1 Å². The minimum absolute atomic E-state index is 0.0312. The topological polar surface area (TPSA) is 73.2 Å². The molecule has 0 aromatic heterocycles. The lowest BCUT2D eigenvalue weighted by molar-refractivity contribution is -0.117. The number of hydrogen-bond donors (Lipinski definition) is 1. The van der Waals surface area contributed by atoms with E-state index in [0.717, 1.165) is 11.1 Å². The zero-order valence-corrected chi connectivity index (χ0v) is 16.6. The molecule has 142 valence electrons. The molecule has 1 fully saturated rings. The second-order valence-corrected chi connectivity index (χ2v) is 7.88. The highest BCUT2D eigenvalue weighted by Gasteiger charge is 2.38. The molecule has 5 nitrogen and oxygen atoms in total. The third-order valence-corrected chi connectivity index (χ3v) is 5.61. The van der Waals surface area contributed by atoms with Gasteiger partial charge in [-0.2, -0.15) is 5.26 Å². The lowest BCUT2D eigenvalue weighted by Crippen LogP contribution is -2.31. The van der Waals surface area contributed by atoms with E-state index in [4.69, 9.17) is 0 Å². The molecule has 1 heterocycles. The number of rotatable bonds is 5. The predicted molar refractivity (Wildman–Crippen MR) is 112 cm³/mol. The van der Waals surface area contributed by atoms with Gasteiger partial charge in [-0.3, -0.25) is 14.5 Å². The Labute approximate surface area is 169 Å². The number of amides is 2. The second kappa shape index (κ2) is 8.77. The minimum atomic E-state index is -0.458. The molecule has 2 amide bonds. The highest BCUT2D eigenvalue weighted by molar-refractivity contribution is 8.05. The van der Waals surface area contributed by atoms with E-state index in [1.165, 1.54) is 16.7 Å². The number of nitrogens with one attached hydrogen (secondary N) is 1. The van der Waals surface area contributed by atoms with Crippen LogP contribution in [-0.4, -0.2) is 23.6 Å². The molecule has 0 saturated carbocycles. The van der Waals surface area contributed by atoms with Crippen LogP contribution < -0.4 is 10.2 Å². The first-order valence-electron chi connectivity index (χ1n) is 9.05. The van der Waals surface area contributed by atoms with E-state index in [9.17, 15) is 14.9 Å². The van der Waals surface area contributed by atoms with Crippen LogP contribution in [0.2, 0.25) is 0 Å². The monoisotopic (exact) mass is 391 g/mol. The number of aryl methyl sites for hydroxylation is 1. The summed E-state index contributed by atoms with van der Waals surface area (Å²) in [5.41, 5.74) is 2.80. The van der Waals surface area contributed by atoms with Gasteiger partial charge in [-0.05, 0) is 38.0 Å². The highest BCUT2D eigenvalue weighted by atomic mass is 32.2. The third kappa shape index (κ3) is 4.26. The molecule has 0 radical (unpaired) electrons. The number of thioether (sulfide) groups is 1. The van der Waals surface area contributed by atoms with Crippen molar-refractivity contribution in [1.82, 2.24) is 5.32 Å². The molecule has 3 rings (SSSR count). The summed E-state index contributed by atoms with van der Waals surface area (Å²) in [7, 11) is 0. The van der Waals surface area contributed by atoms with Crippen molar-refractivity contribution >= 4 is 29.3 Å². The number of benzene rings is 2. The van der Waals surface area contributed by atoms with Gasteiger partial charge < -0.3 is 5.32 Å². The van der Waals surface area contributed by atoms with E-state index < -0.39 is 5.91 Å². The van der Waals surface area contributed by atoms with Crippen molar-refractivity contribution in [2.45, 2.75) is 25.5 Å². The maximum absolute atomic E-state index is 12.7. The van der Waals surface area contributed by atoms with Gasteiger partial charge >= 0.3 is 0 Å². The van der Waals surface area contributed by atoms with Crippen molar-refractivity contribution in [3.63, 3.8) is 0 Å². The quantitative estimate of drug-likeness (QED) is 0.625. The summed E-state index contributed by atoms with van der Waals surface area (Å²) < 4.78 is 0. The SMILES string of the molecule is Cc1ccc(N2C(=O)[C@@H](C)S/C2=C(/C#N)C(=O)NCCc2ccccc2)cc1. The Kier molecular flexibility index (Phi) is 6.17. The largest absolute Gasteiger partial charge is 0.351 e. The van der Waals surface area contributed by atoms with E-state index >= 15 is 0 Å². The van der Waals surface area contributed by atoms with Crippen LogP contribution in [0.15, 0.2) is 65.2 Å². The fourth-order valence-corrected chi connectivity index (χ4v) is 4.01. The van der Waals surface area contributed by atoms with Gasteiger partial charge in [0.15, 0.2) is 0 Å². The van der Waals surface area contributed by atoms with Gasteiger partial charge in [0.25, 0.3) is 5.91 Å². The van der Waals surface area contributed by atoms with Crippen LogP contribution in [0.5, 0.6) is 0 Å². The first kappa shape index (κ1) is 19.7. The van der Waals surface area contributed by atoms with Crippen molar-refractivity contribution in [1.29, 1.82) is 5.26 Å². The summed E-state index contributed by atoms with van der Waals surface area (Å²) in [6, 6.07) is 19.3. The lowest BCUT2D eigenvalue weighted by Gasteiger charge is -2.18. The van der Waals surface area contributed by atoms with Crippen LogP contribution in [-0.2, 0) is 16.0 Å². The zero-order valence-electron chi connectivity index (χ0n) is 15.8. The van der Waals surface area contributed by atoms with Crippen molar-refractivity contribution in [2.24, 2.45) is 0 Å². The van der Waals surface area contributed by atoms with Crippen LogP contribution in [0.3, 0.4) is 0 Å². The first-order chi connectivity index (χ1) is 13.5. The van der Waals surface area contributed by atoms with E-state index in [0.29, 0.717) is 23.7 Å². The van der Waals surface area contributed by atoms with E-state index in [2.05, 4.69) is 5.32 Å². The summed E-state index contributed by atoms with van der Waals surface area (Å²) in [5, 5.41) is 12.5. The normalized spacial score (nSPS) is 18.0. The second-order valence-electron chi connectivity index (χ2n) is 6.55. The number of carbonyl (C=O) groups excluding carboxylic acids is 2. The summed E-state index contributed by atoms with van der Waals surface area (Å²) in [6.45, 7) is 4.16. The molecule has 0 bridgehead atoms. The number of nitriles is 1. The number of anilines is 1. The van der Waals surface area contributed by atoms with Crippen LogP contribution >= 0.6 is 11.8 Å². The standard InChI is InChI=1S/C22H21N3O2S/c1-15-8-10-18(11-9-15)25-21(27)16(2)28-22(25)19(14-23)20(26)24-13-12-17-6-4-3-5-7-17/h3-11,16H,12-13H2,1-2H3,(H,24,26)/b22-19-/t16-/m1/s1. The number of nitrogens with zero attached hydrogens (tertiary/aromatic N) is 2. The average molecular weight is 391 g/mol. The van der Waals surface area contributed by atoms with Crippen molar-refractivity contribution in [3.05, 3.63) is 76.3 Å². The van der Waals surface area contributed by atoms with Crippen LogP contribution in [0, 0.1) is 18.3 Å². The molecular weight excluding hydrogens is 370 g/mol.